The van der Waals surface area contributed by atoms with Crippen molar-refractivity contribution in [2.24, 2.45) is 34.8 Å². The van der Waals surface area contributed by atoms with Crippen molar-refractivity contribution in [1.29, 1.82) is 0 Å². The monoisotopic (exact) mass is 540 g/mol. The van der Waals surface area contributed by atoms with E-state index in [2.05, 4.69) is 46.9 Å². The molecule has 6 atom stereocenters. The van der Waals surface area contributed by atoms with E-state index >= 15 is 0 Å². The van der Waals surface area contributed by atoms with Crippen LogP contribution >= 0.6 is 12.4 Å². The van der Waals surface area contributed by atoms with Gasteiger partial charge in [-0.05, 0) is 55.8 Å². The molecule has 0 unspecified atom stereocenters. The van der Waals surface area contributed by atoms with Crippen molar-refractivity contribution in [3.8, 4) is 0 Å². The van der Waals surface area contributed by atoms with Crippen LogP contribution in [0.5, 0.6) is 0 Å². The molecule has 1 aliphatic heterocycles. The van der Waals surface area contributed by atoms with Gasteiger partial charge in [0.1, 0.15) is 5.78 Å². The smallest absolute Gasteiger partial charge is 0.404 e. The van der Waals surface area contributed by atoms with E-state index in [1.54, 1.807) is 0 Å². The van der Waals surface area contributed by atoms with Gasteiger partial charge in [0, 0.05) is 19.4 Å². The molecule has 4 aliphatic rings. The van der Waals surface area contributed by atoms with E-state index in [1.165, 1.54) is 38.5 Å². The first-order valence-electron chi connectivity index (χ1n) is 14.9. The van der Waals surface area contributed by atoms with E-state index in [4.69, 9.17) is 15.0 Å². The highest BCUT2D eigenvalue weighted by Gasteiger charge is 2.68. The van der Waals surface area contributed by atoms with Crippen molar-refractivity contribution in [3.63, 3.8) is 0 Å². The Bertz CT molecular complexity index is 751. The number of halogens is 1. The Morgan fingerprint density at radius 2 is 1.70 bits per heavy atom. The van der Waals surface area contributed by atoms with E-state index in [-0.39, 0.29) is 60.1 Å². The molecule has 0 aromatic heterocycles. The molecule has 1 heterocycles. The summed E-state index contributed by atoms with van der Waals surface area (Å²) in [6.45, 7) is 13.6. The SMILES string of the molecule is CCCCCCCCCC(=O)C[C@@H](CN)C(=O)N[C@@H](CC(C)C)B1O[C@@H]2C[C@@H]3C[C@@H](C3(C)C)[C@]2(C)O1.Cl. The molecular formula is C29H54BClN2O4. The Morgan fingerprint density at radius 3 is 2.30 bits per heavy atom. The van der Waals surface area contributed by atoms with Crippen LogP contribution in [-0.4, -0.2) is 43.0 Å². The predicted octanol–water partition coefficient (Wildman–Crippen LogP) is 5.88. The molecule has 0 aromatic carbocycles. The zero-order valence-electron chi connectivity index (χ0n) is 24.4. The first-order chi connectivity index (χ1) is 17.0. The highest BCUT2D eigenvalue weighted by molar-refractivity contribution is 6.47. The maximum Gasteiger partial charge on any atom is 0.481 e. The van der Waals surface area contributed by atoms with Crippen LogP contribution < -0.4 is 11.1 Å². The molecule has 3 N–H and O–H groups in total. The number of hydrogen-bond donors (Lipinski definition) is 2. The van der Waals surface area contributed by atoms with E-state index in [1.807, 2.05) is 0 Å². The van der Waals surface area contributed by atoms with Crippen molar-refractivity contribution in [2.75, 3.05) is 6.54 Å². The second-order valence-corrected chi connectivity index (χ2v) is 13.1. The Morgan fingerprint density at radius 1 is 1.05 bits per heavy atom. The quantitative estimate of drug-likeness (QED) is 0.188. The number of amides is 1. The van der Waals surface area contributed by atoms with Gasteiger partial charge >= 0.3 is 7.12 Å². The topological polar surface area (TPSA) is 90.7 Å². The summed E-state index contributed by atoms with van der Waals surface area (Å²) >= 11 is 0. The third-order valence-corrected chi connectivity index (χ3v) is 9.54. The van der Waals surface area contributed by atoms with Gasteiger partial charge in [0.15, 0.2) is 0 Å². The van der Waals surface area contributed by atoms with Crippen molar-refractivity contribution in [1.82, 2.24) is 5.32 Å². The number of nitrogens with two attached hydrogens (primary N) is 1. The number of unbranched alkanes of at least 4 members (excludes halogenated alkanes) is 6. The molecule has 37 heavy (non-hydrogen) atoms. The van der Waals surface area contributed by atoms with E-state index in [0.717, 1.165) is 25.7 Å². The van der Waals surface area contributed by atoms with Gasteiger partial charge in [-0.2, -0.15) is 0 Å². The highest BCUT2D eigenvalue weighted by atomic mass is 35.5. The predicted molar refractivity (Wildman–Crippen MR) is 154 cm³/mol. The van der Waals surface area contributed by atoms with Crippen molar-refractivity contribution >= 4 is 31.2 Å². The molecule has 6 nitrogen and oxygen atoms in total. The van der Waals surface area contributed by atoms with E-state index in [0.29, 0.717) is 24.2 Å². The standard InChI is InChI=1S/C29H53BN2O4.ClH/c1-7-8-9-10-11-12-13-14-23(33)16-21(19-31)27(34)32-26(15-20(2)3)30-35-25-18-22-17-24(28(22,4)5)29(25,6)36-30;/h20-22,24-26H,7-19,31H2,1-6H3,(H,32,34);1H/t21-,22-,24-,25+,26-,29-;/m0./s1. The molecule has 4 fully saturated rings. The summed E-state index contributed by atoms with van der Waals surface area (Å²) in [6.07, 6.45) is 12.1. The Balaban J connectivity index is 0.00000481. The maximum absolute atomic E-state index is 13.3. The molecule has 214 valence electrons. The summed E-state index contributed by atoms with van der Waals surface area (Å²) in [5.41, 5.74) is 5.95. The van der Waals surface area contributed by atoms with Gasteiger partial charge in [-0.1, -0.05) is 73.1 Å². The molecular weight excluding hydrogens is 487 g/mol. The summed E-state index contributed by atoms with van der Waals surface area (Å²) in [6, 6.07) is 0. The maximum atomic E-state index is 13.3. The van der Waals surface area contributed by atoms with Crippen molar-refractivity contribution < 1.29 is 18.9 Å². The summed E-state index contributed by atoms with van der Waals surface area (Å²) in [5.74, 6) is 0.796. The van der Waals surface area contributed by atoms with E-state index < -0.39 is 13.0 Å². The minimum atomic E-state index is -0.497. The molecule has 2 bridgehead atoms. The molecule has 3 saturated carbocycles. The number of carbonyl (C=O) groups excluding carboxylic acids is 2. The average molecular weight is 541 g/mol. The molecule has 1 amide bonds. The fraction of sp³-hybridized carbons (Fsp3) is 0.931. The van der Waals surface area contributed by atoms with Crippen molar-refractivity contribution in [3.05, 3.63) is 0 Å². The highest BCUT2D eigenvalue weighted by Crippen LogP contribution is 2.65. The lowest BCUT2D eigenvalue weighted by Gasteiger charge is -2.64. The third kappa shape index (κ3) is 7.73. The molecule has 1 saturated heterocycles. The molecule has 0 radical (unpaired) electrons. The van der Waals surface area contributed by atoms with Crippen LogP contribution in [0, 0.1) is 29.1 Å². The van der Waals surface area contributed by atoms with Gasteiger partial charge in [-0.3, -0.25) is 9.59 Å². The van der Waals surface area contributed by atoms with E-state index in [9.17, 15) is 9.59 Å². The molecule has 8 heteroatoms. The van der Waals surface area contributed by atoms with Gasteiger partial charge in [0.05, 0.1) is 23.6 Å². The second kappa shape index (κ2) is 14.1. The summed E-state index contributed by atoms with van der Waals surface area (Å²) in [4.78, 5) is 25.9. The largest absolute Gasteiger partial charge is 0.481 e. The zero-order valence-corrected chi connectivity index (χ0v) is 25.2. The lowest BCUT2D eigenvalue weighted by atomic mass is 9.43. The Labute approximate surface area is 232 Å². The van der Waals surface area contributed by atoms with Crippen LogP contribution in [0.15, 0.2) is 0 Å². The third-order valence-electron chi connectivity index (χ3n) is 9.54. The van der Waals surface area contributed by atoms with Crippen LogP contribution in [-0.2, 0) is 18.9 Å². The normalized spacial score (nSPS) is 29.2. The van der Waals surface area contributed by atoms with Crippen LogP contribution in [0.25, 0.3) is 0 Å². The van der Waals surface area contributed by atoms with Crippen molar-refractivity contribution in [2.45, 2.75) is 136 Å². The van der Waals surface area contributed by atoms with Gasteiger partial charge in [-0.25, -0.2) is 0 Å². The number of nitrogens with one attached hydrogen (secondary N) is 1. The van der Waals surface area contributed by atoms with Gasteiger partial charge in [-0.15, -0.1) is 12.4 Å². The number of carbonyl (C=O) groups is 2. The minimum absolute atomic E-state index is 0. The average Bonchev–Trinajstić information content (AvgIpc) is 3.18. The van der Waals surface area contributed by atoms with Crippen LogP contribution in [0.3, 0.4) is 0 Å². The first kappa shape index (κ1) is 32.6. The molecule has 4 rings (SSSR count). The molecule has 0 spiro atoms. The number of ketones is 1. The van der Waals surface area contributed by atoms with Gasteiger partial charge < -0.3 is 20.4 Å². The second-order valence-electron chi connectivity index (χ2n) is 13.1. The minimum Gasteiger partial charge on any atom is -0.404 e. The molecule has 3 aliphatic carbocycles. The number of rotatable bonds is 16. The summed E-state index contributed by atoms with van der Waals surface area (Å²) in [5, 5.41) is 3.20. The van der Waals surface area contributed by atoms with Gasteiger partial charge in [0.2, 0.25) is 5.91 Å². The Kier molecular flexibility index (Phi) is 12.5. The summed E-state index contributed by atoms with van der Waals surface area (Å²) < 4.78 is 13.1. The van der Waals surface area contributed by atoms with Crippen LogP contribution in [0.4, 0.5) is 0 Å². The fourth-order valence-electron chi connectivity index (χ4n) is 7.06. The number of hydrogen-bond acceptors (Lipinski definition) is 5. The molecule has 0 aromatic rings. The Hall–Kier alpha value is -0.625. The fourth-order valence-corrected chi connectivity index (χ4v) is 7.06. The first-order valence-corrected chi connectivity index (χ1v) is 14.9. The van der Waals surface area contributed by atoms with Crippen LogP contribution in [0.1, 0.15) is 119 Å². The zero-order chi connectivity index (χ0) is 26.5. The lowest BCUT2D eigenvalue weighted by molar-refractivity contribution is -0.199. The van der Waals surface area contributed by atoms with Crippen LogP contribution in [0.2, 0.25) is 0 Å². The number of Topliss-reactive ketones (excluding diaryl/α,β-unsaturated/α-hetero) is 1. The summed E-state index contributed by atoms with van der Waals surface area (Å²) in [7, 11) is -0.455. The van der Waals surface area contributed by atoms with Gasteiger partial charge in [0.25, 0.3) is 0 Å². The lowest BCUT2D eigenvalue weighted by Crippen LogP contribution is -2.65.